The Hall–Kier alpha value is -2.54. The predicted molar refractivity (Wildman–Crippen MR) is 106 cm³/mol. The van der Waals surface area contributed by atoms with Gasteiger partial charge in [0.2, 0.25) is 10.0 Å². The number of nitrogens with zero attached hydrogens (tertiary/aromatic N) is 1. The number of sulfonamides is 1. The number of ether oxygens (including phenoxy) is 1. The number of nitrogens with one attached hydrogen (secondary N) is 1. The molecule has 6 nitrogen and oxygen atoms in total. The molecule has 0 radical (unpaired) electrons. The molecule has 0 saturated carbocycles. The molecule has 1 saturated heterocycles. The van der Waals surface area contributed by atoms with E-state index in [9.17, 15) is 13.2 Å². The van der Waals surface area contributed by atoms with E-state index in [0.717, 1.165) is 17.7 Å². The first-order valence-corrected chi connectivity index (χ1v) is 10.6. The van der Waals surface area contributed by atoms with E-state index in [2.05, 4.69) is 5.32 Å². The summed E-state index contributed by atoms with van der Waals surface area (Å²) in [5.74, 6) is 0.667. The molecule has 1 N–H and O–H groups in total. The summed E-state index contributed by atoms with van der Waals surface area (Å²) in [5.41, 5.74) is 1.94. The van der Waals surface area contributed by atoms with E-state index in [4.69, 9.17) is 4.74 Å². The Bertz CT molecular complexity index is 910. The number of amides is 1. The van der Waals surface area contributed by atoms with Crippen LogP contribution in [0.15, 0.2) is 48.5 Å². The van der Waals surface area contributed by atoms with Crippen molar-refractivity contribution >= 4 is 21.6 Å². The maximum atomic E-state index is 12.6. The molecule has 0 aromatic heterocycles. The predicted octanol–water partition coefficient (Wildman–Crippen LogP) is 3.12. The van der Waals surface area contributed by atoms with Crippen LogP contribution in [-0.4, -0.2) is 33.7 Å². The highest BCUT2D eigenvalue weighted by molar-refractivity contribution is 7.92. The fourth-order valence-electron chi connectivity index (χ4n) is 3.14. The molecular weight excluding hydrogens is 364 g/mol. The lowest BCUT2D eigenvalue weighted by Crippen LogP contribution is -2.38. The smallest absolute Gasteiger partial charge is 0.251 e. The molecule has 1 fully saturated rings. The van der Waals surface area contributed by atoms with E-state index in [1.165, 1.54) is 4.31 Å². The topological polar surface area (TPSA) is 75.7 Å². The molecule has 1 atom stereocenters. The molecule has 2 aromatic carbocycles. The van der Waals surface area contributed by atoms with Crippen molar-refractivity contribution in [2.24, 2.45) is 0 Å². The van der Waals surface area contributed by atoms with Crippen LogP contribution < -0.4 is 14.4 Å². The number of carbonyl (C=O) groups excluding carboxylic acids is 1. The average molecular weight is 388 g/mol. The Balaban J connectivity index is 1.75. The van der Waals surface area contributed by atoms with Gasteiger partial charge in [-0.15, -0.1) is 0 Å². The first-order valence-electron chi connectivity index (χ1n) is 8.96. The van der Waals surface area contributed by atoms with Gasteiger partial charge in [-0.3, -0.25) is 9.10 Å². The van der Waals surface area contributed by atoms with Crippen molar-refractivity contribution in [2.45, 2.75) is 25.8 Å². The third-order valence-electron chi connectivity index (χ3n) is 4.71. The normalized spacial score (nSPS) is 17.2. The molecule has 1 heterocycles. The number of anilines is 1. The third kappa shape index (κ3) is 4.42. The Labute approximate surface area is 160 Å². The minimum Gasteiger partial charge on any atom is -0.497 e. The number of benzene rings is 2. The summed E-state index contributed by atoms with van der Waals surface area (Å²) in [4.78, 5) is 12.6. The highest BCUT2D eigenvalue weighted by atomic mass is 32.2. The second-order valence-corrected chi connectivity index (χ2v) is 8.63. The maximum Gasteiger partial charge on any atom is 0.251 e. The van der Waals surface area contributed by atoms with Gasteiger partial charge in [0.25, 0.3) is 5.91 Å². The Kier molecular flexibility index (Phi) is 5.70. The van der Waals surface area contributed by atoms with Crippen molar-refractivity contribution < 1.29 is 17.9 Å². The fraction of sp³-hybridized carbons (Fsp3) is 0.350. The van der Waals surface area contributed by atoms with Crippen molar-refractivity contribution in [3.63, 3.8) is 0 Å². The van der Waals surface area contributed by atoms with Gasteiger partial charge in [0, 0.05) is 12.1 Å². The van der Waals surface area contributed by atoms with E-state index in [-0.39, 0.29) is 17.7 Å². The molecule has 1 aliphatic rings. The van der Waals surface area contributed by atoms with Gasteiger partial charge in [-0.25, -0.2) is 8.42 Å². The Morgan fingerprint density at radius 1 is 1.15 bits per heavy atom. The SMILES string of the molecule is COc1ccc([C@@H](C)NC(=O)c2cccc(N3CCCCS3(=O)=O)c2)cc1. The summed E-state index contributed by atoms with van der Waals surface area (Å²) in [6.45, 7) is 2.36. The van der Waals surface area contributed by atoms with E-state index in [0.29, 0.717) is 24.2 Å². The van der Waals surface area contributed by atoms with E-state index >= 15 is 0 Å². The highest BCUT2D eigenvalue weighted by Crippen LogP contribution is 2.25. The van der Waals surface area contributed by atoms with Crippen LogP contribution in [0, 0.1) is 0 Å². The molecular formula is C20H24N2O4S. The summed E-state index contributed by atoms with van der Waals surface area (Å²) in [5, 5.41) is 2.95. The van der Waals surface area contributed by atoms with Gasteiger partial charge in [-0.2, -0.15) is 0 Å². The van der Waals surface area contributed by atoms with Crippen molar-refractivity contribution in [3.8, 4) is 5.75 Å². The van der Waals surface area contributed by atoms with Crippen molar-refractivity contribution in [2.75, 3.05) is 23.7 Å². The number of methoxy groups -OCH3 is 1. The summed E-state index contributed by atoms with van der Waals surface area (Å²) in [6.07, 6.45) is 1.50. The Morgan fingerprint density at radius 3 is 2.56 bits per heavy atom. The van der Waals surface area contributed by atoms with Crippen LogP contribution in [-0.2, 0) is 10.0 Å². The molecule has 1 amide bonds. The van der Waals surface area contributed by atoms with Gasteiger partial charge in [0.15, 0.2) is 0 Å². The van der Waals surface area contributed by atoms with Crippen LogP contribution >= 0.6 is 0 Å². The first-order chi connectivity index (χ1) is 12.9. The van der Waals surface area contributed by atoms with Crippen LogP contribution in [0.1, 0.15) is 41.7 Å². The molecule has 2 aromatic rings. The number of rotatable bonds is 5. The summed E-state index contributed by atoms with van der Waals surface area (Å²) in [6, 6.07) is 14.1. The van der Waals surface area contributed by atoms with Crippen molar-refractivity contribution in [3.05, 3.63) is 59.7 Å². The maximum absolute atomic E-state index is 12.6. The molecule has 0 unspecified atom stereocenters. The van der Waals surface area contributed by atoms with E-state index in [1.807, 2.05) is 31.2 Å². The first kappa shape index (κ1) is 19.2. The summed E-state index contributed by atoms with van der Waals surface area (Å²) in [7, 11) is -1.70. The van der Waals surface area contributed by atoms with Gasteiger partial charge in [-0.1, -0.05) is 18.2 Å². The second-order valence-electron chi connectivity index (χ2n) is 6.61. The van der Waals surface area contributed by atoms with Crippen LogP contribution in [0.5, 0.6) is 5.75 Å². The lowest BCUT2D eigenvalue weighted by atomic mass is 10.1. The third-order valence-corrected chi connectivity index (χ3v) is 6.58. The number of hydrogen-bond donors (Lipinski definition) is 1. The Morgan fingerprint density at radius 2 is 1.89 bits per heavy atom. The van der Waals surface area contributed by atoms with E-state index < -0.39 is 10.0 Å². The molecule has 144 valence electrons. The molecule has 3 rings (SSSR count). The summed E-state index contributed by atoms with van der Waals surface area (Å²) >= 11 is 0. The highest BCUT2D eigenvalue weighted by Gasteiger charge is 2.26. The van der Waals surface area contributed by atoms with Gasteiger partial charge in [0.1, 0.15) is 5.75 Å². The zero-order valence-corrected chi connectivity index (χ0v) is 16.3. The minimum absolute atomic E-state index is 0.151. The van der Waals surface area contributed by atoms with Crippen LogP contribution in [0.2, 0.25) is 0 Å². The van der Waals surface area contributed by atoms with Gasteiger partial charge in [-0.05, 0) is 55.7 Å². The van der Waals surface area contributed by atoms with Gasteiger partial charge >= 0.3 is 0 Å². The fourth-order valence-corrected chi connectivity index (χ4v) is 4.77. The van der Waals surface area contributed by atoms with Gasteiger partial charge in [0.05, 0.1) is 24.6 Å². The van der Waals surface area contributed by atoms with Gasteiger partial charge < -0.3 is 10.1 Å². The monoisotopic (exact) mass is 388 g/mol. The van der Waals surface area contributed by atoms with Crippen LogP contribution in [0.3, 0.4) is 0 Å². The molecule has 0 spiro atoms. The molecule has 0 bridgehead atoms. The van der Waals surface area contributed by atoms with E-state index in [1.54, 1.807) is 31.4 Å². The molecule has 27 heavy (non-hydrogen) atoms. The number of carbonyl (C=O) groups is 1. The zero-order valence-electron chi connectivity index (χ0n) is 15.5. The molecule has 1 aliphatic heterocycles. The van der Waals surface area contributed by atoms with Crippen LogP contribution in [0.25, 0.3) is 0 Å². The lowest BCUT2D eigenvalue weighted by Gasteiger charge is -2.28. The molecule has 0 aliphatic carbocycles. The standard InChI is InChI=1S/C20H24N2O4S/c1-15(16-8-10-19(26-2)11-9-16)21-20(23)17-6-5-7-18(14-17)22-12-3-4-13-27(22,24)25/h5-11,14-15H,3-4,12-13H2,1-2H3,(H,21,23)/t15-/m1/s1. The molecule has 7 heteroatoms. The van der Waals surface area contributed by atoms with Crippen molar-refractivity contribution in [1.29, 1.82) is 0 Å². The van der Waals surface area contributed by atoms with Crippen LogP contribution in [0.4, 0.5) is 5.69 Å². The second kappa shape index (κ2) is 8.00. The largest absolute Gasteiger partial charge is 0.497 e. The number of hydrogen-bond acceptors (Lipinski definition) is 4. The lowest BCUT2D eigenvalue weighted by molar-refractivity contribution is 0.0940. The minimum atomic E-state index is -3.30. The average Bonchev–Trinajstić information content (AvgIpc) is 2.67. The zero-order chi connectivity index (χ0) is 19.4. The summed E-state index contributed by atoms with van der Waals surface area (Å²) < 4.78 is 31.1. The van der Waals surface area contributed by atoms with Crippen molar-refractivity contribution in [1.82, 2.24) is 5.32 Å². The quantitative estimate of drug-likeness (QED) is 0.854.